The zero-order chi connectivity index (χ0) is 13.3. The number of pyridine rings is 1. The van der Waals surface area contributed by atoms with Gasteiger partial charge in [-0.3, -0.25) is 0 Å². The third-order valence-electron chi connectivity index (χ3n) is 4.38. The Morgan fingerprint density at radius 3 is 2.79 bits per heavy atom. The van der Waals surface area contributed by atoms with Gasteiger partial charge in [-0.15, -0.1) is 0 Å². The van der Waals surface area contributed by atoms with Crippen molar-refractivity contribution in [2.24, 2.45) is 0 Å². The van der Waals surface area contributed by atoms with Gasteiger partial charge in [0.1, 0.15) is 5.82 Å². The predicted molar refractivity (Wildman–Crippen MR) is 74.5 cm³/mol. The molecule has 1 unspecified atom stereocenters. The monoisotopic (exact) mass is 262 g/mol. The number of hydrogen-bond acceptors (Lipinski definition) is 4. The second-order valence-electron chi connectivity index (χ2n) is 5.68. The highest BCUT2D eigenvalue weighted by atomic mass is 16.6. The van der Waals surface area contributed by atoms with E-state index in [-0.39, 0.29) is 11.7 Å². The summed E-state index contributed by atoms with van der Waals surface area (Å²) in [6, 6.07) is 6.21. The fraction of sp³-hybridized carbons (Fsp3) is 0.667. The van der Waals surface area contributed by atoms with Crippen molar-refractivity contribution in [1.82, 2.24) is 4.98 Å². The Morgan fingerprint density at radius 2 is 2.16 bits per heavy atom. The summed E-state index contributed by atoms with van der Waals surface area (Å²) in [4.78, 5) is 6.97. The number of piperidine rings is 1. The lowest BCUT2D eigenvalue weighted by Crippen LogP contribution is -2.44. The zero-order valence-electron chi connectivity index (χ0n) is 11.8. The highest BCUT2D eigenvalue weighted by molar-refractivity contribution is 5.40. The van der Waals surface area contributed by atoms with E-state index in [9.17, 15) is 0 Å². The van der Waals surface area contributed by atoms with Crippen LogP contribution in [0.3, 0.4) is 0 Å². The first-order valence-electron chi connectivity index (χ1n) is 7.06. The number of aromatic nitrogens is 1. The molecule has 0 bridgehead atoms. The van der Waals surface area contributed by atoms with Crippen LogP contribution in [0, 0.1) is 6.92 Å². The summed E-state index contributed by atoms with van der Waals surface area (Å²) in [5, 5.41) is 0. The van der Waals surface area contributed by atoms with E-state index in [4.69, 9.17) is 9.47 Å². The van der Waals surface area contributed by atoms with E-state index in [0.717, 1.165) is 50.5 Å². The van der Waals surface area contributed by atoms with Crippen LogP contribution in [0.4, 0.5) is 5.82 Å². The van der Waals surface area contributed by atoms with E-state index < -0.39 is 0 Å². The summed E-state index contributed by atoms with van der Waals surface area (Å²) in [5.41, 5.74) is 1.13. The van der Waals surface area contributed by atoms with Crippen LogP contribution in [0.5, 0.6) is 0 Å². The van der Waals surface area contributed by atoms with Gasteiger partial charge in [-0.2, -0.15) is 0 Å². The normalized spacial score (nSPS) is 26.0. The lowest BCUT2D eigenvalue weighted by atomic mass is 9.88. The van der Waals surface area contributed by atoms with Crippen molar-refractivity contribution in [1.29, 1.82) is 0 Å². The zero-order valence-corrected chi connectivity index (χ0v) is 11.8. The summed E-state index contributed by atoms with van der Waals surface area (Å²) in [5.74, 6) is 1.09. The van der Waals surface area contributed by atoms with Gasteiger partial charge in [-0.05, 0) is 31.9 Å². The molecule has 2 aliphatic rings. The standard InChI is InChI=1S/C15H22N2O2/c1-12-4-3-5-14(16-12)17-8-6-15(7-9-17)10-13(18-2)11-19-15/h3-5,13H,6-11H2,1-2H3. The molecule has 1 atom stereocenters. The van der Waals surface area contributed by atoms with Gasteiger partial charge in [0.15, 0.2) is 0 Å². The molecule has 0 aliphatic carbocycles. The lowest BCUT2D eigenvalue weighted by Gasteiger charge is -2.39. The second kappa shape index (κ2) is 5.10. The number of rotatable bonds is 2. The number of hydrogen-bond donors (Lipinski definition) is 0. The smallest absolute Gasteiger partial charge is 0.128 e. The third-order valence-corrected chi connectivity index (χ3v) is 4.38. The summed E-state index contributed by atoms with van der Waals surface area (Å²) in [7, 11) is 1.78. The van der Waals surface area contributed by atoms with Crippen LogP contribution in [-0.4, -0.2) is 43.5 Å². The molecular formula is C15H22N2O2. The lowest BCUT2D eigenvalue weighted by molar-refractivity contribution is -0.0177. The number of nitrogens with zero attached hydrogens (tertiary/aromatic N) is 2. The first-order valence-corrected chi connectivity index (χ1v) is 7.06. The minimum atomic E-state index is 0.0565. The molecule has 19 heavy (non-hydrogen) atoms. The molecule has 2 saturated heterocycles. The molecular weight excluding hydrogens is 240 g/mol. The Morgan fingerprint density at radius 1 is 1.37 bits per heavy atom. The fourth-order valence-electron chi connectivity index (χ4n) is 3.15. The van der Waals surface area contributed by atoms with Crippen molar-refractivity contribution in [3.05, 3.63) is 23.9 Å². The quantitative estimate of drug-likeness (QED) is 0.818. The fourth-order valence-corrected chi connectivity index (χ4v) is 3.15. The van der Waals surface area contributed by atoms with Gasteiger partial charge in [0, 0.05) is 32.3 Å². The largest absolute Gasteiger partial charge is 0.379 e. The Balaban J connectivity index is 1.64. The van der Waals surface area contributed by atoms with Crippen molar-refractivity contribution in [2.75, 3.05) is 31.7 Å². The van der Waals surface area contributed by atoms with E-state index in [1.54, 1.807) is 7.11 Å². The van der Waals surface area contributed by atoms with Crippen molar-refractivity contribution >= 4 is 5.82 Å². The molecule has 1 aromatic rings. The van der Waals surface area contributed by atoms with Crippen LogP contribution in [-0.2, 0) is 9.47 Å². The third kappa shape index (κ3) is 2.60. The molecule has 1 aromatic heterocycles. The minimum Gasteiger partial charge on any atom is -0.379 e. The molecule has 0 amide bonds. The molecule has 0 aromatic carbocycles. The highest BCUT2D eigenvalue weighted by Gasteiger charge is 2.42. The van der Waals surface area contributed by atoms with Gasteiger partial charge in [0.25, 0.3) is 0 Å². The maximum Gasteiger partial charge on any atom is 0.128 e. The molecule has 1 spiro atoms. The number of methoxy groups -OCH3 is 1. The van der Waals surface area contributed by atoms with Crippen LogP contribution in [0.2, 0.25) is 0 Å². The van der Waals surface area contributed by atoms with Gasteiger partial charge in [-0.1, -0.05) is 6.07 Å². The molecule has 3 heterocycles. The maximum atomic E-state index is 6.02. The molecule has 104 valence electrons. The number of ether oxygens (including phenoxy) is 2. The maximum absolute atomic E-state index is 6.02. The molecule has 0 N–H and O–H groups in total. The number of aryl methyl sites for hydroxylation is 1. The van der Waals surface area contributed by atoms with E-state index in [1.807, 2.05) is 13.0 Å². The summed E-state index contributed by atoms with van der Waals surface area (Å²) >= 11 is 0. The SMILES string of the molecule is COC1COC2(CCN(c3cccc(C)n3)CC2)C1. The average Bonchev–Trinajstić information content (AvgIpc) is 2.83. The molecule has 0 radical (unpaired) electrons. The van der Waals surface area contributed by atoms with E-state index >= 15 is 0 Å². The van der Waals surface area contributed by atoms with E-state index in [2.05, 4.69) is 22.0 Å². The van der Waals surface area contributed by atoms with Crippen LogP contribution in [0.1, 0.15) is 25.0 Å². The van der Waals surface area contributed by atoms with Gasteiger partial charge < -0.3 is 14.4 Å². The van der Waals surface area contributed by atoms with Gasteiger partial charge in [0.2, 0.25) is 0 Å². The van der Waals surface area contributed by atoms with Gasteiger partial charge in [0.05, 0.1) is 18.3 Å². The summed E-state index contributed by atoms with van der Waals surface area (Å²) < 4.78 is 11.4. The predicted octanol–water partition coefficient (Wildman–Crippen LogP) is 2.16. The van der Waals surface area contributed by atoms with Crippen molar-refractivity contribution in [3.63, 3.8) is 0 Å². The topological polar surface area (TPSA) is 34.6 Å². The first kappa shape index (κ1) is 12.9. The van der Waals surface area contributed by atoms with Crippen molar-refractivity contribution < 1.29 is 9.47 Å². The first-order chi connectivity index (χ1) is 9.21. The minimum absolute atomic E-state index is 0.0565. The van der Waals surface area contributed by atoms with Crippen LogP contribution in [0.15, 0.2) is 18.2 Å². The Labute approximate surface area is 114 Å². The van der Waals surface area contributed by atoms with Crippen molar-refractivity contribution in [3.8, 4) is 0 Å². The van der Waals surface area contributed by atoms with Crippen LogP contribution in [0.25, 0.3) is 0 Å². The van der Waals surface area contributed by atoms with Crippen molar-refractivity contribution in [2.45, 2.75) is 37.9 Å². The summed E-state index contributed by atoms with van der Waals surface area (Å²) in [6.07, 6.45) is 3.47. The number of anilines is 1. The van der Waals surface area contributed by atoms with E-state index in [0.29, 0.717) is 0 Å². The van der Waals surface area contributed by atoms with Crippen LogP contribution >= 0.6 is 0 Å². The molecule has 3 rings (SSSR count). The van der Waals surface area contributed by atoms with Gasteiger partial charge in [-0.25, -0.2) is 4.98 Å². The van der Waals surface area contributed by atoms with Crippen LogP contribution < -0.4 is 4.90 Å². The molecule has 4 nitrogen and oxygen atoms in total. The molecule has 2 aliphatic heterocycles. The summed E-state index contributed by atoms with van der Waals surface area (Å²) in [6.45, 7) is 4.83. The van der Waals surface area contributed by atoms with Gasteiger partial charge >= 0.3 is 0 Å². The second-order valence-corrected chi connectivity index (χ2v) is 5.68. The average molecular weight is 262 g/mol. The molecule has 4 heteroatoms. The Hall–Kier alpha value is -1.13. The molecule has 0 saturated carbocycles. The highest BCUT2D eigenvalue weighted by Crippen LogP contribution is 2.37. The Bertz CT molecular complexity index is 442. The Kier molecular flexibility index (Phi) is 3.46. The van der Waals surface area contributed by atoms with E-state index in [1.165, 1.54) is 0 Å². The molecule has 2 fully saturated rings.